The predicted molar refractivity (Wildman–Crippen MR) is 126 cm³/mol. The molecule has 0 heterocycles. The Balaban J connectivity index is 2.15. The van der Waals surface area contributed by atoms with Crippen LogP contribution in [0.4, 0.5) is 0 Å². The van der Waals surface area contributed by atoms with E-state index in [0.29, 0.717) is 22.3 Å². The van der Waals surface area contributed by atoms with Crippen molar-refractivity contribution in [2.75, 3.05) is 13.2 Å². The number of benzene rings is 2. The summed E-state index contributed by atoms with van der Waals surface area (Å²) in [6.07, 6.45) is 1.86. The van der Waals surface area contributed by atoms with Crippen molar-refractivity contribution < 1.29 is 14.3 Å². The summed E-state index contributed by atoms with van der Waals surface area (Å²) in [5, 5.41) is 3.73. The third-order valence-corrected chi connectivity index (χ3v) is 5.91. The molecule has 2 rings (SSSR count). The van der Waals surface area contributed by atoms with Crippen LogP contribution in [0.15, 0.2) is 36.4 Å². The van der Waals surface area contributed by atoms with Crippen molar-refractivity contribution in [2.45, 2.75) is 53.1 Å². The summed E-state index contributed by atoms with van der Waals surface area (Å²) in [5.74, 6) is 0.126. The Morgan fingerprint density at radius 2 is 1.81 bits per heavy atom. The van der Waals surface area contributed by atoms with Gasteiger partial charge in [-0.3, -0.25) is 9.59 Å². The highest BCUT2D eigenvalue weighted by Crippen LogP contribution is 2.24. The first-order valence-corrected chi connectivity index (χ1v) is 11.2. The van der Waals surface area contributed by atoms with Gasteiger partial charge in [-0.25, -0.2) is 0 Å². The molecule has 0 spiro atoms. The Morgan fingerprint density at radius 3 is 2.45 bits per heavy atom. The minimum atomic E-state index is -0.665. The molecule has 168 valence electrons. The standard InChI is InChI=1S/C24H30Cl2N2O3/c1-5-6-11-27-24(30)18(4)28(14-19-8-10-21(25)22(26)13-19)23(29)15-31-20-9-7-16(2)17(3)12-20/h7-10,12-13,18H,5-6,11,14-15H2,1-4H3,(H,27,30)/t18-/m0/s1. The first kappa shape index (κ1) is 25.0. The smallest absolute Gasteiger partial charge is 0.261 e. The van der Waals surface area contributed by atoms with Crippen molar-refractivity contribution in [3.8, 4) is 5.75 Å². The lowest BCUT2D eigenvalue weighted by Gasteiger charge is -2.29. The van der Waals surface area contributed by atoms with E-state index in [9.17, 15) is 9.59 Å². The van der Waals surface area contributed by atoms with Crippen LogP contribution in [-0.2, 0) is 16.1 Å². The SMILES string of the molecule is CCCCNC(=O)[C@H](C)N(Cc1ccc(Cl)c(Cl)c1)C(=O)COc1ccc(C)c(C)c1. The highest BCUT2D eigenvalue weighted by atomic mass is 35.5. The molecule has 5 nitrogen and oxygen atoms in total. The fourth-order valence-corrected chi connectivity index (χ4v) is 3.31. The summed E-state index contributed by atoms with van der Waals surface area (Å²) in [7, 11) is 0. The quantitative estimate of drug-likeness (QED) is 0.483. The minimum absolute atomic E-state index is 0.170. The Morgan fingerprint density at radius 1 is 1.06 bits per heavy atom. The molecule has 31 heavy (non-hydrogen) atoms. The highest BCUT2D eigenvalue weighted by molar-refractivity contribution is 6.42. The van der Waals surface area contributed by atoms with Gasteiger partial charge >= 0.3 is 0 Å². The number of carbonyl (C=O) groups excluding carboxylic acids is 2. The zero-order chi connectivity index (χ0) is 23.0. The van der Waals surface area contributed by atoms with E-state index in [2.05, 4.69) is 12.2 Å². The average molecular weight is 465 g/mol. The number of hydrogen-bond donors (Lipinski definition) is 1. The number of nitrogens with one attached hydrogen (secondary N) is 1. The number of carbonyl (C=O) groups is 2. The van der Waals surface area contributed by atoms with Gasteiger partial charge in [-0.1, -0.05) is 48.7 Å². The van der Waals surface area contributed by atoms with Crippen LogP contribution in [0.1, 0.15) is 43.4 Å². The molecule has 0 aliphatic heterocycles. The molecule has 0 fully saturated rings. The normalized spacial score (nSPS) is 11.7. The first-order chi connectivity index (χ1) is 14.7. The lowest BCUT2D eigenvalue weighted by molar-refractivity contribution is -0.142. The van der Waals surface area contributed by atoms with Crippen LogP contribution in [-0.4, -0.2) is 35.9 Å². The molecule has 1 atom stereocenters. The molecule has 2 aromatic carbocycles. The zero-order valence-corrected chi connectivity index (χ0v) is 20.0. The van der Waals surface area contributed by atoms with Crippen molar-refractivity contribution in [1.29, 1.82) is 0 Å². The van der Waals surface area contributed by atoms with E-state index in [-0.39, 0.29) is 25.0 Å². The van der Waals surface area contributed by atoms with Gasteiger partial charge in [0.2, 0.25) is 5.91 Å². The van der Waals surface area contributed by atoms with Gasteiger partial charge < -0.3 is 15.0 Å². The number of ether oxygens (including phenoxy) is 1. The van der Waals surface area contributed by atoms with Gasteiger partial charge in [0.25, 0.3) is 5.91 Å². The van der Waals surface area contributed by atoms with Crippen molar-refractivity contribution in [3.63, 3.8) is 0 Å². The summed E-state index contributed by atoms with van der Waals surface area (Å²) in [4.78, 5) is 27.2. The van der Waals surface area contributed by atoms with Gasteiger partial charge in [-0.15, -0.1) is 0 Å². The predicted octanol–water partition coefficient (Wildman–Crippen LogP) is 5.32. The van der Waals surface area contributed by atoms with E-state index in [1.807, 2.05) is 32.0 Å². The maximum atomic E-state index is 13.1. The maximum absolute atomic E-state index is 13.1. The third-order valence-electron chi connectivity index (χ3n) is 5.17. The number of rotatable bonds is 10. The first-order valence-electron chi connectivity index (χ1n) is 10.4. The summed E-state index contributed by atoms with van der Waals surface area (Å²) in [5.41, 5.74) is 3.01. The minimum Gasteiger partial charge on any atom is -0.484 e. The Kier molecular flexibility index (Phi) is 9.66. The summed E-state index contributed by atoms with van der Waals surface area (Å²) < 4.78 is 5.72. The van der Waals surface area contributed by atoms with E-state index in [1.54, 1.807) is 25.1 Å². The summed E-state index contributed by atoms with van der Waals surface area (Å²) in [6, 6.07) is 10.2. The number of nitrogens with zero attached hydrogens (tertiary/aromatic N) is 1. The van der Waals surface area contributed by atoms with E-state index in [0.717, 1.165) is 29.5 Å². The fraction of sp³-hybridized carbons (Fsp3) is 0.417. The molecule has 0 bridgehead atoms. The van der Waals surface area contributed by atoms with E-state index >= 15 is 0 Å². The monoisotopic (exact) mass is 464 g/mol. The number of unbranched alkanes of at least 4 members (excludes halogenated alkanes) is 1. The molecule has 2 amide bonds. The van der Waals surface area contributed by atoms with E-state index in [1.165, 1.54) is 4.90 Å². The maximum Gasteiger partial charge on any atom is 0.261 e. The average Bonchev–Trinajstić information content (AvgIpc) is 2.74. The molecular formula is C24H30Cl2N2O3. The molecule has 2 aromatic rings. The van der Waals surface area contributed by atoms with Gasteiger partial charge in [-0.05, 0) is 68.1 Å². The molecule has 7 heteroatoms. The topological polar surface area (TPSA) is 58.6 Å². The molecule has 0 aliphatic carbocycles. The van der Waals surface area contributed by atoms with Crippen LogP contribution in [0.25, 0.3) is 0 Å². The van der Waals surface area contributed by atoms with Crippen molar-refractivity contribution in [2.24, 2.45) is 0 Å². The zero-order valence-electron chi connectivity index (χ0n) is 18.5. The van der Waals surface area contributed by atoms with Crippen LogP contribution >= 0.6 is 23.2 Å². The van der Waals surface area contributed by atoms with Gasteiger partial charge in [-0.2, -0.15) is 0 Å². The molecule has 0 aromatic heterocycles. The number of hydrogen-bond acceptors (Lipinski definition) is 3. The number of aryl methyl sites for hydroxylation is 2. The van der Waals surface area contributed by atoms with Gasteiger partial charge in [0.15, 0.2) is 6.61 Å². The van der Waals surface area contributed by atoms with Crippen molar-refractivity contribution in [1.82, 2.24) is 10.2 Å². The van der Waals surface area contributed by atoms with Crippen LogP contribution in [0, 0.1) is 13.8 Å². The number of amides is 2. The Labute approximate surface area is 194 Å². The second kappa shape index (κ2) is 12.0. The van der Waals surface area contributed by atoms with Crippen molar-refractivity contribution in [3.05, 3.63) is 63.1 Å². The Bertz CT molecular complexity index is 918. The molecule has 0 saturated heterocycles. The Hall–Kier alpha value is -2.24. The molecule has 0 radical (unpaired) electrons. The second-order valence-electron chi connectivity index (χ2n) is 7.63. The van der Waals surface area contributed by atoms with Crippen molar-refractivity contribution >= 4 is 35.0 Å². The number of halogens is 2. The third kappa shape index (κ3) is 7.44. The van der Waals surface area contributed by atoms with Gasteiger partial charge in [0.05, 0.1) is 10.0 Å². The fourth-order valence-electron chi connectivity index (χ4n) is 2.99. The lowest BCUT2D eigenvalue weighted by atomic mass is 10.1. The molecular weight excluding hydrogens is 435 g/mol. The molecule has 0 saturated carbocycles. The lowest BCUT2D eigenvalue weighted by Crippen LogP contribution is -2.49. The van der Waals surface area contributed by atoms with Gasteiger partial charge in [0, 0.05) is 13.1 Å². The molecule has 0 aliphatic rings. The highest BCUT2D eigenvalue weighted by Gasteiger charge is 2.26. The largest absolute Gasteiger partial charge is 0.484 e. The summed E-state index contributed by atoms with van der Waals surface area (Å²) >= 11 is 12.1. The van der Waals surface area contributed by atoms with Gasteiger partial charge in [0.1, 0.15) is 11.8 Å². The van der Waals surface area contributed by atoms with E-state index < -0.39 is 6.04 Å². The van der Waals surface area contributed by atoms with E-state index in [4.69, 9.17) is 27.9 Å². The van der Waals surface area contributed by atoms with Crippen LogP contribution in [0.5, 0.6) is 5.75 Å². The van der Waals surface area contributed by atoms with Crippen LogP contribution < -0.4 is 10.1 Å². The summed E-state index contributed by atoms with van der Waals surface area (Å²) in [6.45, 7) is 8.40. The van der Waals surface area contributed by atoms with Crippen LogP contribution in [0.3, 0.4) is 0 Å². The van der Waals surface area contributed by atoms with Crippen LogP contribution in [0.2, 0.25) is 10.0 Å². The molecule has 1 N–H and O–H groups in total. The second-order valence-corrected chi connectivity index (χ2v) is 8.44. The molecule has 0 unspecified atom stereocenters.